The Hall–Kier alpha value is -4.04. The van der Waals surface area contributed by atoms with Crippen molar-refractivity contribution in [2.75, 3.05) is 0 Å². The SMILES string of the molecule is Cc1ccccc1C1=c2ccc3c(c2CCC1C)C(c1ccc2ccccc2c1F)C=c1ccc(F)cc1=3. The second kappa shape index (κ2) is 8.77. The average Bonchev–Trinajstić information content (AvgIpc) is 2.93. The fourth-order valence-corrected chi connectivity index (χ4v) is 6.74. The maximum absolute atomic E-state index is 16.2. The molecule has 0 bridgehead atoms. The molecule has 2 unspecified atom stereocenters. The molecule has 0 heterocycles. The Morgan fingerprint density at radius 3 is 2.42 bits per heavy atom. The van der Waals surface area contributed by atoms with Gasteiger partial charge in [0.15, 0.2) is 0 Å². The van der Waals surface area contributed by atoms with Crippen molar-refractivity contribution in [1.82, 2.24) is 0 Å². The Labute approximate surface area is 220 Å². The van der Waals surface area contributed by atoms with Gasteiger partial charge in [0.05, 0.1) is 0 Å². The predicted molar refractivity (Wildman–Crippen MR) is 151 cm³/mol. The molecule has 7 rings (SSSR count). The predicted octanol–water partition coefficient (Wildman–Crippen LogP) is 7.42. The largest absolute Gasteiger partial charge is 0.207 e. The number of hydrogen-bond acceptors (Lipinski definition) is 0. The third-order valence-corrected chi connectivity index (χ3v) is 8.59. The highest BCUT2D eigenvalue weighted by atomic mass is 19.1. The summed E-state index contributed by atoms with van der Waals surface area (Å²) >= 11 is 0. The Kier molecular flexibility index (Phi) is 5.33. The molecule has 0 fully saturated rings. The van der Waals surface area contributed by atoms with Crippen molar-refractivity contribution >= 4 is 22.4 Å². The van der Waals surface area contributed by atoms with Crippen molar-refractivity contribution < 1.29 is 8.78 Å². The maximum atomic E-state index is 16.2. The molecular weight excluding hydrogens is 470 g/mol. The summed E-state index contributed by atoms with van der Waals surface area (Å²) < 4.78 is 30.7. The number of rotatable bonds is 2. The minimum Gasteiger partial charge on any atom is -0.207 e. The van der Waals surface area contributed by atoms with Gasteiger partial charge in [-0.3, -0.25) is 0 Å². The molecule has 0 saturated carbocycles. The molecule has 0 aromatic heterocycles. The molecule has 0 saturated heterocycles. The van der Waals surface area contributed by atoms with E-state index in [0.717, 1.165) is 39.4 Å². The molecule has 5 aromatic rings. The normalized spacial score (nSPS) is 17.9. The summed E-state index contributed by atoms with van der Waals surface area (Å²) in [7, 11) is 0. The van der Waals surface area contributed by atoms with Crippen molar-refractivity contribution in [2.24, 2.45) is 5.92 Å². The van der Waals surface area contributed by atoms with E-state index in [1.165, 1.54) is 33.5 Å². The lowest BCUT2D eigenvalue weighted by Crippen LogP contribution is -2.28. The van der Waals surface area contributed by atoms with Crippen LogP contribution in [0.3, 0.4) is 0 Å². The first-order valence-electron chi connectivity index (χ1n) is 13.4. The fourth-order valence-electron chi connectivity index (χ4n) is 6.74. The third-order valence-electron chi connectivity index (χ3n) is 8.59. The minimum absolute atomic E-state index is 0.175. The van der Waals surface area contributed by atoms with Crippen LogP contribution in [-0.4, -0.2) is 0 Å². The molecule has 0 amide bonds. The highest BCUT2D eigenvalue weighted by Crippen LogP contribution is 2.38. The molecular formula is C36H28F2. The van der Waals surface area contributed by atoms with E-state index in [0.29, 0.717) is 16.9 Å². The molecule has 5 aromatic carbocycles. The molecule has 0 spiro atoms. The summed E-state index contributed by atoms with van der Waals surface area (Å²) in [6.07, 6.45) is 4.07. The first kappa shape index (κ1) is 23.1. The lowest BCUT2D eigenvalue weighted by atomic mass is 9.74. The number of hydrogen-bond donors (Lipinski definition) is 0. The van der Waals surface area contributed by atoms with Gasteiger partial charge in [0.2, 0.25) is 0 Å². The van der Waals surface area contributed by atoms with Gasteiger partial charge in [-0.25, -0.2) is 8.78 Å². The lowest BCUT2D eigenvalue weighted by Gasteiger charge is -2.29. The summed E-state index contributed by atoms with van der Waals surface area (Å²) in [6.45, 7) is 4.48. The Balaban J connectivity index is 1.63. The van der Waals surface area contributed by atoms with E-state index in [9.17, 15) is 4.39 Å². The molecule has 0 radical (unpaired) electrons. The molecule has 2 aliphatic rings. The highest BCUT2D eigenvalue weighted by molar-refractivity contribution is 5.84. The van der Waals surface area contributed by atoms with Crippen molar-refractivity contribution in [3.05, 3.63) is 151 Å². The minimum atomic E-state index is -0.256. The van der Waals surface area contributed by atoms with Crippen molar-refractivity contribution in [2.45, 2.75) is 32.6 Å². The molecule has 186 valence electrons. The molecule has 0 aliphatic heterocycles. The molecule has 2 atom stereocenters. The van der Waals surface area contributed by atoms with Crippen molar-refractivity contribution in [3.8, 4) is 0 Å². The Morgan fingerprint density at radius 1 is 0.763 bits per heavy atom. The topological polar surface area (TPSA) is 0 Å². The Morgan fingerprint density at radius 2 is 1.55 bits per heavy atom. The quantitative estimate of drug-likeness (QED) is 0.238. The van der Waals surface area contributed by atoms with Gasteiger partial charge in [-0.05, 0) is 97.5 Å². The van der Waals surface area contributed by atoms with E-state index in [4.69, 9.17) is 0 Å². The first-order chi connectivity index (χ1) is 18.5. The highest BCUT2D eigenvalue weighted by Gasteiger charge is 2.28. The lowest BCUT2D eigenvalue weighted by molar-refractivity contribution is 0.616. The van der Waals surface area contributed by atoms with Crippen LogP contribution in [0, 0.1) is 34.9 Å². The number of halogens is 2. The van der Waals surface area contributed by atoms with Crippen LogP contribution in [0.4, 0.5) is 8.78 Å². The van der Waals surface area contributed by atoms with Crippen LogP contribution in [0.25, 0.3) is 22.4 Å². The molecule has 2 aliphatic carbocycles. The van der Waals surface area contributed by atoms with Gasteiger partial charge in [0, 0.05) is 11.3 Å². The van der Waals surface area contributed by atoms with Crippen LogP contribution in [-0.2, 0) is 6.42 Å². The molecule has 0 N–H and O–H groups in total. The van der Waals surface area contributed by atoms with E-state index in [1.54, 1.807) is 6.07 Å². The van der Waals surface area contributed by atoms with Crippen LogP contribution >= 0.6 is 0 Å². The first-order valence-corrected chi connectivity index (χ1v) is 13.4. The third kappa shape index (κ3) is 3.47. The van der Waals surface area contributed by atoms with Gasteiger partial charge in [-0.2, -0.15) is 0 Å². The number of fused-ring (bicyclic) bond motifs is 5. The van der Waals surface area contributed by atoms with Gasteiger partial charge in [0.25, 0.3) is 0 Å². The van der Waals surface area contributed by atoms with Crippen LogP contribution in [0.2, 0.25) is 0 Å². The Bertz CT molecular complexity index is 1980. The van der Waals surface area contributed by atoms with E-state index in [1.807, 2.05) is 42.5 Å². The zero-order valence-corrected chi connectivity index (χ0v) is 21.6. The van der Waals surface area contributed by atoms with Crippen molar-refractivity contribution in [3.63, 3.8) is 0 Å². The standard InChI is InChI=1S/C36H28F2/c1-21-7-3-5-9-26(21)34-22(2)11-15-29-28(34)17-18-30-32-20-25(37)14-12-24(32)19-33(35(29)30)31-16-13-23-8-4-6-10-27(23)36(31)38/h3-10,12-14,16-20,22,33H,11,15H2,1-2H3. The summed E-state index contributed by atoms with van der Waals surface area (Å²) in [5, 5.41) is 5.62. The van der Waals surface area contributed by atoms with Crippen LogP contribution in [0.5, 0.6) is 0 Å². The van der Waals surface area contributed by atoms with Gasteiger partial charge in [-0.1, -0.05) is 91.9 Å². The van der Waals surface area contributed by atoms with Gasteiger partial charge in [0.1, 0.15) is 11.6 Å². The zero-order valence-electron chi connectivity index (χ0n) is 21.6. The number of aryl methyl sites for hydroxylation is 1. The van der Waals surface area contributed by atoms with E-state index >= 15 is 4.39 Å². The van der Waals surface area contributed by atoms with Gasteiger partial charge >= 0.3 is 0 Å². The summed E-state index contributed by atoms with van der Waals surface area (Å²) in [5.74, 6) is -0.272. The van der Waals surface area contributed by atoms with Gasteiger partial charge in [-0.15, -0.1) is 0 Å². The maximum Gasteiger partial charge on any atom is 0.135 e. The van der Waals surface area contributed by atoms with Crippen LogP contribution < -0.4 is 10.4 Å². The van der Waals surface area contributed by atoms with Crippen molar-refractivity contribution in [1.29, 1.82) is 0 Å². The van der Waals surface area contributed by atoms with E-state index < -0.39 is 0 Å². The summed E-state index contributed by atoms with van der Waals surface area (Å²) in [5.41, 5.74) is 6.95. The fraction of sp³-hybridized carbons (Fsp3) is 0.167. The second-order valence-corrected chi connectivity index (χ2v) is 10.8. The summed E-state index contributed by atoms with van der Waals surface area (Å²) in [6, 6.07) is 29.5. The van der Waals surface area contributed by atoms with E-state index in [2.05, 4.69) is 56.3 Å². The molecule has 38 heavy (non-hydrogen) atoms. The zero-order chi connectivity index (χ0) is 26.0. The summed E-state index contributed by atoms with van der Waals surface area (Å²) in [4.78, 5) is 0. The number of benzene rings is 5. The monoisotopic (exact) mass is 498 g/mol. The molecule has 2 heteroatoms. The molecule has 0 nitrogen and oxygen atoms in total. The van der Waals surface area contributed by atoms with Crippen LogP contribution in [0.1, 0.15) is 47.1 Å². The second-order valence-electron chi connectivity index (χ2n) is 10.8. The smallest absolute Gasteiger partial charge is 0.135 e. The van der Waals surface area contributed by atoms with E-state index in [-0.39, 0.29) is 17.6 Å². The van der Waals surface area contributed by atoms with Crippen LogP contribution in [0.15, 0.2) is 91.0 Å². The average molecular weight is 499 g/mol. The van der Waals surface area contributed by atoms with Gasteiger partial charge < -0.3 is 0 Å².